The molecule has 92 valence electrons. The number of para-hydroxylation sites is 1. The molecule has 2 nitrogen and oxygen atoms in total. The van der Waals surface area contributed by atoms with Crippen LogP contribution >= 0.6 is 15.9 Å². The molecule has 0 heterocycles. The largest absolute Gasteiger partial charge is 0.496 e. The number of hydrogen-bond donors (Lipinski definition) is 0. The molecule has 0 amide bonds. The summed E-state index contributed by atoms with van der Waals surface area (Å²) >= 11 is 3.45. The fraction of sp³-hybridized carbons (Fsp3) is 0.133. The zero-order valence-corrected chi connectivity index (χ0v) is 11.9. The normalized spacial score (nSPS) is 10.8. The molecule has 3 heteroatoms. The monoisotopic (exact) mass is 303 g/mol. The van der Waals surface area contributed by atoms with Crippen molar-refractivity contribution in [2.75, 3.05) is 7.11 Å². The quantitative estimate of drug-likeness (QED) is 0.764. The van der Waals surface area contributed by atoms with Gasteiger partial charge in [-0.15, -0.1) is 0 Å². The summed E-state index contributed by atoms with van der Waals surface area (Å²) in [6.45, 7) is 2.05. The summed E-state index contributed by atoms with van der Waals surface area (Å²) in [4.78, 5) is 4.50. The van der Waals surface area contributed by atoms with E-state index in [0.717, 1.165) is 27.0 Å². The van der Waals surface area contributed by atoms with Crippen LogP contribution in [0.1, 0.15) is 11.1 Å². The summed E-state index contributed by atoms with van der Waals surface area (Å²) in [7, 11) is 1.66. The SMILES string of the molecule is COc1ccc(Br)cc1C=Nc1ccccc1C. The van der Waals surface area contributed by atoms with Crippen LogP contribution < -0.4 is 4.74 Å². The van der Waals surface area contributed by atoms with Gasteiger partial charge in [-0.25, -0.2) is 0 Å². The highest BCUT2D eigenvalue weighted by molar-refractivity contribution is 9.10. The van der Waals surface area contributed by atoms with Crippen molar-refractivity contribution in [3.05, 3.63) is 58.1 Å². The van der Waals surface area contributed by atoms with E-state index < -0.39 is 0 Å². The smallest absolute Gasteiger partial charge is 0.127 e. The van der Waals surface area contributed by atoms with Gasteiger partial charge in [0.25, 0.3) is 0 Å². The number of methoxy groups -OCH3 is 1. The predicted molar refractivity (Wildman–Crippen MR) is 79.1 cm³/mol. The Labute approximate surface area is 115 Å². The minimum absolute atomic E-state index is 0.815. The molecular formula is C15H14BrNO. The zero-order chi connectivity index (χ0) is 13.0. The first-order valence-electron chi connectivity index (χ1n) is 5.64. The molecule has 2 aromatic rings. The van der Waals surface area contributed by atoms with Crippen LogP contribution in [-0.4, -0.2) is 13.3 Å². The fourth-order valence-electron chi connectivity index (χ4n) is 1.65. The summed E-state index contributed by atoms with van der Waals surface area (Å²) in [5, 5.41) is 0. The molecule has 0 saturated carbocycles. The number of aryl methyl sites for hydroxylation is 1. The molecule has 0 radical (unpaired) electrons. The summed E-state index contributed by atoms with van der Waals surface area (Å²) in [6.07, 6.45) is 1.83. The van der Waals surface area contributed by atoms with Gasteiger partial charge in [0.05, 0.1) is 12.8 Å². The Kier molecular flexibility index (Phi) is 4.15. The van der Waals surface area contributed by atoms with E-state index >= 15 is 0 Å². The Morgan fingerprint density at radius 3 is 2.67 bits per heavy atom. The summed E-state index contributed by atoms with van der Waals surface area (Å²) < 4.78 is 6.32. The van der Waals surface area contributed by atoms with Gasteiger partial charge in [-0.05, 0) is 36.8 Å². The lowest BCUT2D eigenvalue weighted by molar-refractivity contribution is 0.414. The molecule has 2 rings (SSSR count). The van der Waals surface area contributed by atoms with Gasteiger partial charge in [-0.2, -0.15) is 0 Å². The number of aliphatic imine (C=N–C) groups is 1. The molecule has 0 bridgehead atoms. The molecule has 0 atom stereocenters. The first-order valence-corrected chi connectivity index (χ1v) is 6.43. The Morgan fingerprint density at radius 1 is 1.17 bits per heavy atom. The van der Waals surface area contributed by atoms with E-state index in [1.54, 1.807) is 7.11 Å². The molecule has 0 aromatic heterocycles. The molecule has 0 fully saturated rings. The Balaban J connectivity index is 2.34. The van der Waals surface area contributed by atoms with Gasteiger partial charge in [0.2, 0.25) is 0 Å². The first-order chi connectivity index (χ1) is 8.70. The van der Waals surface area contributed by atoms with Gasteiger partial charge in [-0.3, -0.25) is 4.99 Å². The summed E-state index contributed by atoms with van der Waals surface area (Å²) in [5.74, 6) is 0.815. The molecule has 0 unspecified atom stereocenters. The predicted octanol–water partition coefficient (Wildman–Crippen LogP) is 4.52. The van der Waals surface area contributed by atoms with Crippen molar-refractivity contribution in [3.8, 4) is 5.75 Å². The minimum Gasteiger partial charge on any atom is -0.496 e. The molecule has 0 N–H and O–H groups in total. The third-order valence-corrected chi connectivity index (χ3v) is 3.14. The van der Waals surface area contributed by atoms with Crippen molar-refractivity contribution in [1.29, 1.82) is 0 Å². The number of halogens is 1. The Bertz CT molecular complexity index is 578. The molecule has 0 aliphatic rings. The van der Waals surface area contributed by atoms with Gasteiger partial charge >= 0.3 is 0 Å². The third kappa shape index (κ3) is 2.99. The van der Waals surface area contributed by atoms with E-state index in [1.165, 1.54) is 0 Å². The van der Waals surface area contributed by atoms with Crippen molar-refractivity contribution < 1.29 is 4.74 Å². The average molecular weight is 304 g/mol. The zero-order valence-electron chi connectivity index (χ0n) is 10.4. The Hall–Kier alpha value is -1.61. The lowest BCUT2D eigenvalue weighted by atomic mass is 10.2. The topological polar surface area (TPSA) is 21.6 Å². The van der Waals surface area contributed by atoms with E-state index in [9.17, 15) is 0 Å². The van der Waals surface area contributed by atoms with Gasteiger partial charge in [-0.1, -0.05) is 34.1 Å². The van der Waals surface area contributed by atoms with Gasteiger partial charge < -0.3 is 4.74 Å². The lowest BCUT2D eigenvalue weighted by Crippen LogP contribution is -1.90. The number of benzene rings is 2. The average Bonchev–Trinajstić information content (AvgIpc) is 2.38. The van der Waals surface area contributed by atoms with Crippen molar-refractivity contribution in [2.24, 2.45) is 4.99 Å². The van der Waals surface area contributed by atoms with Crippen LogP contribution in [0.2, 0.25) is 0 Å². The van der Waals surface area contributed by atoms with Crippen molar-refractivity contribution >= 4 is 27.8 Å². The second-order valence-corrected chi connectivity index (χ2v) is 4.85. The number of hydrogen-bond acceptors (Lipinski definition) is 2. The highest BCUT2D eigenvalue weighted by Crippen LogP contribution is 2.23. The van der Waals surface area contributed by atoms with Gasteiger partial charge in [0, 0.05) is 16.3 Å². The maximum Gasteiger partial charge on any atom is 0.127 e. The molecule has 2 aromatic carbocycles. The van der Waals surface area contributed by atoms with E-state index in [0.29, 0.717) is 0 Å². The van der Waals surface area contributed by atoms with Gasteiger partial charge in [0.1, 0.15) is 5.75 Å². The standard InChI is InChI=1S/C15H14BrNO/c1-11-5-3-4-6-14(11)17-10-12-9-13(16)7-8-15(12)18-2/h3-10H,1-2H3. The molecule has 0 aliphatic heterocycles. The highest BCUT2D eigenvalue weighted by Gasteiger charge is 2.01. The number of rotatable bonds is 3. The maximum absolute atomic E-state index is 5.31. The van der Waals surface area contributed by atoms with E-state index in [4.69, 9.17) is 4.74 Å². The van der Waals surface area contributed by atoms with Crippen LogP contribution in [0.3, 0.4) is 0 Å². The van der Waals surface area contributed by atoms with Crippen LogP contribution in [0, 0.1) is 6.92 Å². The van der Waals surface area contributed by atoms with Crippen LogP contribution in [0.5, 0.6) is 5.75 Å². The minimum atomic E-state index is 0.815. The van der Waals surface area contributed by atoms with Crippen LogP contribution in [-0.2, 0) is 0 Å². The highest BCUT2D eigenvalue weighted by atomic mass is 79.9. The molecule has 18 heavy (non-hydrogen) atoms. The van der Waals surface area contributed by atoms with E-state index in [-0.39, 0.29) is 0 Å². The molecular weight excluding hydrogens is 290 g/mol. The van der Waals surface area contributed by atoms with E-state index in [2.05, 4.69) is 20.9 Å². The lowest BCUT2D eigenvalue weighted by Gasteiger charge is -2.05. The summed E-state index contributed by atoms with van der Waals surface area (Å²) in [5.41, 5.74) is 3.08. The fourth-order valence-corrected chi connectivity index (χ4v) is 2.03. The molecule has 0 saturated heterocycles. The maximum atomic E-state index is 5.31. The van der Waals surface area contributed by atoms with Gasteiger partial charge in [0.15, 0.2) is 0 Å². The third-order valence-electron chi connectivity index (χ3n) is 2.65. The van der Waals surface area contributed by atoms with Crippen LogP contribution in [0.15, 0.2) is 51.9 Å². The van der Waals surface area contributed by atoms with Crippen LogP contribution in [0.4, 0.5) is 5.69 Å². The van der Waals surface area contributed by atoms with E-state index in [1.807, 2.05) is 55.6 Å². The van der Waals surface area contributed by atoms with Crippen molar-refractivity contribution in [1.82, 2.24) is 0 Å². The van der Waals surface area contributed by atoms with Crippen molar-refractivity contribution in [3.63, 3.8) is 0 Å². The van der Waals surface area contributed by atoms with Crippen molar-refractivity contribution in [2.45, 2.75) is 6.92 Å². The molecule has 0 spiro atoms. The number of ether oxygens (including phenoxy) is 1. The summed E-state index contributed by atoms with van der Waals surface area (Å²) in [6, 6.07) is 13.9. The Morgan fingerprint density at radius 2 is 1.94 bits per heavy atom. The second-order valence-electron chi connectivity index (χ2n) is 3.93. The number of nitrogens with zero attached hydrogens (tertiary/aromatic N) is 1. The first kappa shape index (κ1) is 12.8. The van der Waals surface area contributed by atoms with Crippen LogP contribution in [0.25, 0.3) is 0 Å². The second kappa shape index (κ2) is 5.83. The molecule has 0 aliphatic carbocycles.